The van der Waals surface area contributed by atoms with Crippen LogP contribution in [0.1, 0.15) is 18.1 Å². The number of aromatic nitrogens is 6. The van der Waals surface area contributed by atoms with Gasteiger partial charge < -0.3 is 4.57 Å². The van der Waals surface area contributed by atoms with Gasteiger partial charge in [0.1, 0.15) is 11.6 Å². The van der Waals surface area contributed by atoms with E-state index in [0.29, 0.717) is 5.82 Å². The van der Waals surface area contributed by atoms with E-state index in [0.717, 1.165) is 25.2 Å². The van der Waals surface area contributed by atoms with Crippen molar-refractivity contribution in [2.45, 2.75) is 31.0 Å². The highest BCUT2D eigenvalue weighted by atomic mass is 79.9. The zero-order chi connectivity index (χ0) is 15.2. The predicted octanol–water partition coefficient (Wildman–Crippen LogP) is -0.0640. The quantitative estimate of drug-likeness (QED) is 0.741. The second-order valence-electron chi connectivity index (χ2n) is 4.86. The molecule has 2 aromatic heterocycles. The summed E-state index contributed by atoms with van der Waals surface area (Å²) in [6.07, 6.45) is 1.91. The highest BCUT2D eigenvalue weighted by Gasteiger charge is 2.30. The molecule has 0 N–H and O–H groups in total. The van der Waals surface area contributed by atoms with Crippen molar-refractivity contribution in [3.63, 3.8) is 0 Å². The van der Waals surface area contributed by atoms with Gasteiger partial charge in [0.15, 0.2) is 4.60 Å². The molecule has 3 heterocycles. The summed E-state index contributed by atoms with van der Waals surface area (Å²) in [4.78, 5) is 0. The zero-order valence-electron chi connectivity index (χ0n) is 11.6. The third-order valence-electron chi connectivity index (χ3n) is 3.44. The normalized spacial score (nSPS) is 14.9. The summed E-state index contributed by atoms with van der Waals surface area (Å²) in [6.45, 7) is 0.996. The first-order valence-corrected chi connectivity index (χ1v) is 8.57. The number of sulfonamides is 1. The number of rotatable bonds is 4. The Morgan fingerprint density at radius 1 is 1.33 bits per heavy atom. The van der Waals surface area contributed by atoms with E-state index in [-0.39, 0.29) is 16.2 Å². The maximum Gasteiger partial charge on any atom is 0.263 e. The first kappa shape index (κ1) is 14.6. The molecule has 0 aliphatic carbocycles. The summed E-state index contributed by atoms with van der Waals surface area (Å²) in [5, 5.41) is 15.6. The minimum absolute atomic E-state index is 0.0196. The average molecular weight is 376 g/mol. The van der Waals surface area contributed by atoms with E-state index < -0.39 is 10.0 Å². The van der Waals surface area contributed by atoms with E-state index in [1.807, 2.05) is 4.57 Å². The summed E-state index contributed by atoms with van der Waals surface area (Å²) >= 11 is 3.12. The Kier molecular flexibility index (Phi) is 3.58. The van der Waals surface area contributed by atoms with Gasteiger partial charge in [0, 0.05) is 27.1 Å². The van der Waals surface area contributed by atoms with Crippen LogP contribution in [0.25, 0.3) is 0 Å². The van der Waals surface area contributed by atoms with Crippen LogP contribution in [0.15, 0.2) is 9.63 Å². The number of hydrogen-bond donors (Lipinski definition) is 0. The summed E-state index contributed by atoms with van der Waals surface area (Å²) in [7, 11) is -0.667. The van der Waals surface area contributed by atoms with Crippen molar-refractivity contribution in [3.05, 3.63) is 16.3 Å². The highest BCUT2D eigenvalue weighted by Crippen LogP contribution is 2.23. The Bertz CT molecular complexity index is 762. The van der Waals surface area contributed by atoms with Crippen molar-refractivity contribution in [2.75, 3.05) is 7.05 Å². The molecule has 0 aromatic carbocycles. The second kappa shape index (κ2) is 5.14. The Morgan fingerprint density at radius 3 is 2.76 bits per heavy atom. The van der Waals surface area contributed by atoms with Crippen LogP contribution in [-0.2, 0) is 36.6 Å². The minimum atomic E-state index is -3.71. The van der Waals surface area contributed by atoms with E-state index in [1.54, 1.807) is 0 Å². The number of aryl methyl sites for hydroxylation is 2. The zero-order valence-corrected chi connectivity index (χ0v) is 14.0. The molecule has 0 spiro atoms. The van der Waals surface area contributed by atoms with Crippen molar-refractivity contribution in [2.24, 2.45) is 7.05 Å². The molecule has 3 rings (SSSR count). The number of fused-ring (bicyclic) bond motifs is 1. The van der Waals surface area contributed by atoms with Gasteiger partial charge in [0.05, 0.1) is 6.54 Å². The molecule has 0 saturated carbocycles. The van der Waals surface area contributed by atoms with Crippen LogP contribution in [0.3, 0.4) is 0 Å². The molecule has 114 valence electrons. The molecule has 0 saturated heterocycles. The minimum Gasteiger partial charge on any atom is -0.314 e. The lowest BCUT2D eigenvalue weighted by Gasteiger charge is -2.16. The fourth-order valence-corrected chi connectivity index (χ4v) is 4.50. The van der Waals surface area contributed by atoms with Crippen LogP contribution in [0.4, 0.5) is 0 Å². The summed E-state index contributed by atoms with van der Waals surface area (Å²) < 4.78 is 29.8. The van der Waals surface area contributed by atoms with Gasteiger partial charge in [-0.05, 0) is 22.4 Å². The topological polar surface area (TPSA) is 98.8 Å². The molecule has 1 aliphatic rings. The molecule has 0 atom stereocenters. The van der Waals surface area contributed by atoms with Crippen LogP contribution < -0.4 is 0 Å². The van der Waals surface area contributed by atoms with E-state index >= 15 is 0 Å². The van der Waals surface area contributed by atoms with Gasteiger partial charge >= 0.3 is 0 Å². The smallest absolute Gasteiger partial charge is 0.263 e. The van der Waals surface area contributed by atoms with Crippen molar-refractivity contribution < 1.29 is 8.42 Å². The largest absolute Gasteiger partial charge is 0.314 e. The second-order valence-corrected chi connectivity index (χ2v) is 7.57. The lowest BCUT2D eigenvalue weighted by molar-refractivity contribution is 0.439. The van der Waals surface area contributed by atoms with Crippen LogP contribution in [-0.4, -0.2) is 49.5 Å². The lowest BCUT2D eigenvalue weighted by atomic mass is 10.4. The number of halogens is 1. The Morgan fingerprint density at radius 2 is 2.10 bits per heavy atom. The fraction of sp³-hybridized carbons (Fsp3) is 0.600. The van der Waals surface area contributed by atoms with Gasteiger partial charge in [0.25, 0.3) is 10.0 Å². The standard InChI is InChI=1S/C10H14BrN7O2S/c1-16(6-8-13-12-7-4-3-5-18(7)8)21(19,20)10-9(11)14-15-17(10)2/h3-6H2,1-2H3. The Labute approximate surface area is 130 Å². The molecule has 0 amide bonds. The average Bonchev–Trinajstić information content (AvgIpc) is 3.08. The van der Waals surface area contributed by atoms with Crippen LogP contribution >= 0.6 is 15.9 Å². The predicted molar refractivity (Wildman–Crippen MR) is 75.7 cm³/mol. The number of hydrogen-bond acceptors (Lipinski definition) is 6. The molecule has 9 nitrogen and oxygen atoms in total. The maximum absolute atomic E-state index is 12.6. The fourth-order valence-electron chi connectivity index (χ4n) is 2.36. The summed E-state index contributed by atoms with van der Waals surface area (Å²) in [5.74, 6) is 1.57. The molecule has 21 heavy (non-hydrogen) atoms. The third kappa shape index (κ3) is 2.38. The summed E-state index contributed by atoms with van der Waals surface area (Å²) in [5.41, 5.74) is 0. The molecule has 0 unspecified atom stereocenters. The van der Waals surface area contributed by atoms with Gasteiger partial charge in [-0.15, -0.1) is 15.3 Å². The van der Waals surface area contributed by atoms with Crippen LogP contribution in [0.5, 0.6) is 0 Å². The van der Waals surface area contributed by atoms with Crippen LogP contribution in [0.2, 0.25) is 0 Å². The monoisotopic (exact) mass is 375 g/mol. The Balaban J connectivity index is 1.89. The van der Waals surface area contributed by atoms with E-state index in [2.05, 4.69) is 36.4 Å². The van der Waals surface area contributed by atoms with Crippen molar-refractivity contribution >= 4 is 26.0 Å². The lowest BCUT2D eigenvalue weighted by Crippen LogP contribution is -2.29. The first-order valence-electron chi connectivity index (χ1n) is 6.33. The van der Waals surface area contributed by atoms with Gasteiger partial charge in [-0.25, -0.2) is 13.1 Å². The molecule has 11 heteroatoms. The van der Waals surface area contributed by atoms with Crippen molar-refractivity contribution in [3.8, 4) is 0 Å². The molecule has 0 bridgehead atoms. The first-order chi connectivity index (χ1) is 9.91. The molecule has 0 radical (unpaired) electrons. The van der Waals surface area contributed by atoms with Crippen LogP contribution in [0, 0.1) is 0 Å². The molecular weight excluding hydrogens is 362 g/mol. The molecular formula is C10H14BrN7O2S. The van der Waals surface area contributed by atoms with Crippen molar-refractivity contribution in [1.29, 1.82) is 0 Å². The van der Waals surface area contributed by atoms with E-state index in [4.69, 9.17) is 0 Å². The third-order valence-corrected chi connectivity index (χ3v) is 6.13. The van der Waals surface area contributed by atoms with Crippen molar-refractivity contribution in [1.82, 2.24) is 34.1 Å². The SMILES string of the molecule is CN(Cc1nnc2n1CCC2)S(=O)(=O)c1c(Br)nnn1C. The Hall–Kier alpha value is -1.33. The highest BCUT2D eigenvalue weighted by molar-refractivity contribution is 9.10. The van der Waals surface area contributed by atoms with Gasteiger partial charge in [0.2, 0.25) is 5.03 Å². The molecule has 1 aliphatic heterocycles. The molecule has 0 fully saturated rings. The van der Waals surface area contributed by atoms with Gasteiger partial charge in [-0.2, -0.15) is 4.31 Å². The molecule has 2 aromatic rings. The van der Waals surface area contributed by atoms with E-state index in [9.17, 15) is 8.42 Å². The number of nitrogens with zero attached hydrogens (tertiary/aromatic N) is 7. The van der Waals surface area contributed by atoms with Gasteiger partial charge in [-0.1, -0.05) is 5.21 Å². The maximum atomic E-state index is 12.6. The van der Waals surface area contributed by atoms with E-state index in [1.165, 1.54) is 23.1 Å². The summed E-state index contributed by atoms with van der Waals surface area (Å²) in [6, 6.07) is 0. The van der Waals surface area contributed by atoms with Gasteiger partial charge in [-0.3, -0.25) is 0 Å².